The Labute approximate surface area is 64.5 Å². The first-order valence-corrected chi connectivity index (χ1v) is 3.22. The number of carbonyl (C=O) groups is 1. The highest BCUT2D eigenvalue weighted by atomic mass is 16.1. The summed E-state index contributed by atoms with van der Waals surface area (Å²) in [5.74, 6) is -0.0835. The molecule has 0 saturated carbocycles. The van der Waals surface area contributed by atoms with Gasteiger partial charge in [-0.05, 0) is 6.92 Å². The van der Waals surface area contributed by atoms with E-state index in [9.17, 15) is 4.79 Å². The van der Waals surface area contributed by atoms with Crippen molar-refractivity contribution in [3.05, 3.63) is 24.3 Å². The molecule has 0 aromatic carbocycles. The molecule has 2 N–H and O–H groups in total. The number of rotatable bonds is 2. The van der Waals surface area contributed by atoms with Crippen molar-refractivity contribution in [2.45, 2.75) is 13.0 Å². The largest absolute Gasteiger partial charge is 0.318 e. The molecule has 58 valence electrons. The molecule has 0 spiro atoms. The van der Waals surface area contributed by atoms with Crippen LogP contribution in [0.15, 0.2) is 18.7 Å². The highest BCUT2D eigenvalue weighted by molar-refractivity contribution is 5.82. The van der Waals surface area contributed by atoms with Crippen molar-refractivity contribution in [1.29, 1.82) is 0 Å². The van der Waals surface area contributed by atoms with Crippen LogP contribution in [0.2, 0.25) is 0 Å². The summed E-state index contributed by atoms with van der Waals surface area (Å²) in [5.41, 5.74) is 6.16. The molecule has 0 radical (unpaired) electrons. The Morgan fingerprint density at radius 3 is 2.55 bits per heavy atom. The maximum Gasteiger partial charge on any atom is 0.151 e. The SMILES string of the molecule is CC(=O)C(N)c1cncnc1. The van der Waals surface area contributed by atoms with Gasteiger partial charge in [0.05, 0.1) is 6.04 Å². The van der Waals surface area contributed by atoms with Crippen molar-refractivity contribution >= 4 is 5.78 Å². The van der Waals surface area contributed by atoms with Gasteiger partial charge in [-0.25, -0.2) is 9.97 Å². The minimum Gasteiger partial charge on any atom is -0.318 e. The number of hydrogen-bond acceptors (Lipinski definition) is 4. The zero-order chi connectivity index (χ0) is 8.27. The Morgan fingerprint density at radius 2 is 2.09 bits per heavy atom. The average Bonchev–Trinajstić information content (AvgIpc) is 2.05. The standard InChI is InChI=1S/C7H9N3O/c1-5(11)7(8)6-2-9-4-10-3-6/h2-4,7H,8H2,1H3. The van der Waals surface area contributed by atoms with Crippen LogP contribution in [0, 0.1) is 0 Å². The van der Waals surface area contributed by atoms with Gasteiger partial charge in [-0.2, -0.15) is 0 Å². The molecule has 4 nitrogen and oxygen atoms in total. The number of carbonyl (C=O) groups excluding carboxylic acids is 1. The number of Topliss-reactive ketones (excluding diaryl/α,β-unsaturated/α-hetero) is 1. The van der Waals surface area contributed by atoms with Crippen LogP contribution in [-0.2, 0) is 4.79 Å². The highest BCUT2D eigenvalue weighted by Gasteiger charge is 2.10. The molecule has 0 saturated heterocycles. The molecule has 1 atom stereocenters. The maximum absolute atomic E-state index is 10.8. The molecular weight excluding hydrogens is 142 g/mol. The number of nitrogens with zero attached hydrogens (tertiary/aromatic N) is 2. The summed E-state index contributed by atoms with van der Waals surface area (Å²) in [7, 11) is 0. The monoisotopic (exact) mass is 151 g/mol. The second kappa shape index (κ2) is 3.21. The molecule has 0 bridgehead atoms. The van der Waals surface area contributed by atoms with Crippen molar-refractivity contribution < 1.29 is 4.79 Å². The minimum absolute atomic E-state index is 0.0835. The number of nitrogens with two attached hydrogens (primary N) is 1. The molecule has 4 heteroatoms. The third-order valence-electron chi connectivity index (χ3n) is 1.38. The lowest BCUT2D eigenvalue weighted by Gasteiger charge is -2.04. The van der Waals surface area contributed by atoms with Crippen LogP contribution in [0.1, 0.15) is 18.5 Å². The van der Waals surface area contributed by atoms with Crippen LogP contribution in [-0.4, -0.2) is 15.8 Å². The fourth-order valence-electron chi connectivity index (χ4n) is 0.706. The van der Waals surface area contributed by atoms with Crippen molar-refractivity contribution in [3.63, 3.8) is 0 Å². The van der Waals surface area contributed by atoms with Gasteiger partial charge in [0.1, 0.15) is 6.33 Å². The van der Waals surface area contributed by atoms with Crippen molar-refractivity contribution in [3.8, 4) is 0 Å². The summed E-state index contributed by atoms with van der Waals surface area (Å²) in [6.45, 7) is 1.44. The smallest absolute Gasteiger partial charge is 0.151 e. The van der Waals surface area contributed by atoms with Gasteiger partial charge in [0.2, 0.25) is 0 Å². The molecule has 1 rings (SSSR count). The fourth-order valence-corrected chi connectivity index (χ4v) is 0.706. The summed E-state index contributed by atoms with van der Waals surface area (Å²) in [5, 5.41) is 0. The van der Waals surface area contributed by atoms with E-state index in [4.69, 9.17) is 5.73 Å². The zero-order valence-corrected chi connectivity index (χ0v) is 6.19. The molecule has 11 heavy (non-hydrogen) atoms. The van der Waals surface area contributed by atoms with E-state index in [1.54, 1.807) is 12.4 Å². The summed E-state index contributed by atoms with van der Waals surface area (Å²) < 4.78 is 0. The second-order valence-corrected chi connectivity index (χ2v) is 2.26. The van der Waals surface area contributed by atoms with Crippen molar-refractivity contribution in [2.24, 2.45) is 5.73 Å². The van der Waals surface area contributed by atoms with Gasteiger partial charge in [0.25, 0.3) is 0 Å². The fraction of sp³-hybridized carbons (Fsp3) is 0.286. The summed E-state index contributed by atoms with van der Waals surface area (Å²) in [6.07, 6.45) is 4.48. The maximum atomic E-state index is 10.8. The Hall–Kier alpha value is -1.29. The van der Waals surface area contributed by atoms with Crippen LogP contribution < -0.4 is 5.73 Å². The Balaban J connectivity index is 2.85. The van der Waals surface area contributed by atoms with Crippen molar-refractivity contribution in [1.82, 2.24) is 9.97 Å². The molecule has 0 aliphatic rings. The molecule has 0 fully saturated rings. The van der Waals surface area contributed by atoms with E-state index in [1.165, 1.54) is 13.3 Å². The molecular formula is C7H9N3O. The molecule has 0 aliphatic heterocycles. The van der Waals surface area contributed by atoms with E-state index in [2.05, 4.69) is 9.97 Å². The lowest BCUT2D eigenvalue weighted by molar-refractivity contribution is -0.118. The van der Waals surface area contributed by atoms with Gasteiger partial charge < -0.3 is 5.73 Å². The number of ketones is 1. The van der Waals surface area contributed by atoms with Crippen LogP contribution >= 0.6 is 0 Å². The lowest BCUT2D eigenvalue weighted by Crippen LogP contribution is -2.18. The van der Waals surface area contributed by atoms with Crippen LogP contribution in [0.3, 0.4) is 0 Å². The summed E-state index contributed by atoms with van der Waals surface area (Å²) >= 11 is 0. The van der Waals surface area contributed by atoms with E-state index in [-0.39, 0.29) is 5.78 Å². The average molecular weight is 151 g/mol. The van der Waals surface area contributed by atoms with Crippen LogP contribution in [0.5, 0.6) is 0 Å². The quantitative estimate of drug-likeness (QED) is 0.649. The van der Waals surface area contributed by atoms with Gasteiger partial charge in [-0.3, -0.25) is 4.79 Å². The first kappa shape index (κ1) is 7.81. The van der Waals surface area contributed by atoms with E-state index in [0.717, 1.165) is 0 Å². The normalized spacial score (nSPS) is 12.5. The predicted octanol–water partition coefficient (Wildman–Crippen LogP) is 0.0654. The highest BCUT2D eigenvalue weighted by Crippen LogP contribution is 2.06. The molecule has 1 aromatic rings. The van der Waals surface area contributed by atoms with E-state index in [0.29, 0.717) is 5.56 Å². The zero-order valence-electron chi connectivity index (χ0n) is 6.19. The first-order valence-electron chi connectivity index (χ1n) is 3.22. The summed E-state index contributed by atoms with van der Waals surface area (Å²) in [6, 6.07) is -0.587. The second-order valence-electron chi connectivity index (χ2n) is 2.26. The summed E-state index contributed by atoms with van der Waals surface area (Å²) in [4.78, 5) is 18.3. The van der Waals surface area contributed by atoms with Crippen LogP contribution in [0.4, 0.5) is 0 Å². The first-order chi connectivity index (χ1) is 5.22. The van der Waals surface area contributed by atoms with Gasteiger partial charge in [-0.15, -0.1) is 0 Å². The molecule has 0 aliphatic carbocycles. The molecule has 1 aromatic heterocycles. The van der Waals surface area contributed by atoms with Gasteiger partial charge in [-0.1, -0.05) is 0 Å². The lowest BCUT2D eigenvalue weighted by atomic mass is 10.1. The molecule has 1 unspecified atom stereocenters. The topological polar surface area (TPSA) is 68.9 Å². The Kier molecular flexibility index (Phi) is 2.28. The third-order valence-corrected chi connectivity index (χ3v) is 1.38. The van der Waals surface area contributed by atoms with Crippen molar-refractivity contribution in [2.75, 3.05) is 0 Å². The third kappa shape index (κ3) is 1.81. The van der Waals surface area contributed by atoms with E-state index >= 15 is 0 Å². The molecule has 0 amide bonds. The van der Waals surface area contributed by atoms with Gasteiger partial charge >= 0.3 is 0 Å². The Morgan fingerprint density at radius 1 is 1.55 bits per heavy atom. The van der Waals surface area contributed by atoms with Gasteiger partial charge in [0.15, 0.2) is 5.78 Å². The minimum atomic E-state index is -0.587. The van der Waals surface area contributed by atoms with E-state index < -0.39 is 6.04 Å². The Bertz CT molecular complexity index is 247. The van der Waals surface area contributed by atoms with Crippen LogP contribution in [0.25, 0.3) is 0 Å². The van der Waals surface area contributed by atoms with E-state index in [1.807, 2.05) is 0 Å². The van der Waals surface area contributed by atoms with Gasteiger partial charge in [0, 0.05) is 18.0 Å². The molecule has 1 heterocycles. The predicted molar refractivity (Wildman–Crippen MR) is 39.6 cm³/mol. The number of aromatic nitrogens is 2. The number of hydrogen-bond donors (Lipinski definition) is 1.